The molecule has 28 heavy (non-hydrogen) atoms. The first-order valence-corrected chi connectivity index (χ1v) is 9.05. The number of aromatic nitrogens is 2. The zero-order chi connectivity index (χ0) is 20.1. The molecule has 1 aromatic carbocycles. The van der Waals surface area contributed by atoms with E-state index < -0.39 is 29.8 Å². The third-order valence-corrected chi connectivity index (χ3v) is 4.61. The van der Waals surface area contributed by atoms with Gasteiger partial charge >= 0.3 is 0 Å². The fourth-order valence-corrected chi connectivity index (χ4v) is 3.23. The van der Waals surface area contributed by atoms with Crippen LogP contribution in [0.1, 0.15) is 24.2 Å². The molecule has 1 aliphatic rings. The number of aryl methyl sites for hydroxylation is 1. The van der Waals surface area contributed by atoms with E-state index in [1.807, 2.05) is 13.0 Å². The van der Waals surface area contributed by atoms with Crippen LogP contribution >= 0.6 is 0 Å². The van der Waals surface area contributed by atoms with E-state index in [2.05, 4.69) is 20.8 Å². The maximum Gasteiger partial charge on any atom is 0.258 e. The number of carbonyl (C=O) groups excluding carboxylic acids is 2. The topological polar surface area (TPSA) is 116 Å². The molecule has 4 N–H and O–H groups in total. The molecule has 3 rings (SSSR count). The number of aliphatic hydroxyl groups excluding tert-OH is 1. The number of amides is 2. The van der Waals surface area contributed by atoms with Gasteiger partial charge in [-0.2, -0.15) is 5.10 Å². The van der Waals surface area contributed by atoms with E-state index in [4.69, 9.17) is 4.74 Å². The largest absolute Gasteiger partial charge is 0.484 e. The van der Waals surface area contributed by atoms with E-state index in [0.717, 1.165) is 11.4 Å². The molecule has 0 bridgehead atoms. The Morgan fingerprint density at radius 1 is 1.36 bits per heavy atom. The molecule has 3 atom stereocenters. The van der Waals surface area contributed by atoms with Crippen molar-refractivity contribution in [1.82, 2.24) is 20.8 Å². The molecule has 0 saturated heterocycles. The van der Waals surface area contributed by atoms with Crippen molar-refractivity contribution >= 4 is 11.8 Å². The first-order chi connectivity index (χ1) is 13.4. The lowest BCUT2D eigenvalue weighted by Crippen LogP contribution is -2.42. The van der Waals surface area contributed by atoms with Crippen LogP contribution in [0.25, 0.3) is 0 Å². The van der Waals surface area contributed by atoms with Crippen LogP contribution in [0.3, 0.4) is 0 Å². The van der Waals surface area contributed by atoms with Crippen LogP contribution in [-0.4, -0.2) is 45.9 Å². The van der Waals surface area contributed by atoms with Gasteiger partial charge in [0.2, 0.25) is 5.91 Å². The summed E-state index contributed by atoms with van der Waals surface area (Å²) in [5.41, 5.74) is 1.63. The summed E-state index contributed by atoms with van der Waals surface area (Å²) in [6.45, 7) is 1.87. The highest BCUT2D eigenvalue weighted by Crippen LogP contribution is 2.26. The highest BCUT2D eigenvalue weighted by Gasteiger charge is 2.37. The molecule has 1 saturated carbocycles. The van der Waals surface area contributed by atoms with Crippen molar-refractivity contribution in [3.8, 4) is 5.75 Å². The zero-order valence-corrected chi connectivity index (χ0v) is 15.4. The van der Waals surface area contributed by atoms with E-state index in [9.17, 15) is 19.1 Å². The van der Waals surface area contributed by atoms with Crippen molar-refractivity contribution in [2.45, 2.75) is 38.5 Å². The van der Waals surface area contributed by atoms with Crippen molar-refractivity contribution in [1.29, 1.82) is 0 Å². The van der Waals surface area contributed by atoms with Crippen molar-refractivity contribution in [2.75, 3.05) is 6.61 Å². The van der Waals surface area contributed by atoms with Gasteiger partial charge in [0.25, 0.3) is 5.91 Å². The number of ether oxygens (including phenoxy) is 1. The second-order valence-corrected chi connectivity index (χ2v) is 6.92. The van der Waals surface area contributed by atoms with Crippen molar-refractivity contribution < 1.29 is 23.8 Å². The second-order valence-electron chi connectivity index (χ2n) is 6.92. The number of H-pyrrole nitrogens is 1. The Morgan fingerprint density at radius 3 is 2.89 bits per heavy atom. The third-order valence-electron chi connectivity index (χ3n) is 4.61. The lowest BCUT2D eigenvalue weighted by molar-refractivity contribution is -0.126. The summed E-state index contributed by atoms with van der Waals surface area (Å²) < 4.78 is 18.3. The number of benzene rings is 1. The van der Waals surface area contributed by atoms with Crippen LogP contribution in [0.4, 0.5) is 4.39 Å². The lowest BCUT2D eigenvalue weighted by atomic mass is 10.1. The van der Waals surface area contributed by atoms with E-state index >= 15 is 0 Å². The number of carbonyl (C=O) groups is 2. The fraction of sp³-hybridized carbons (Fsp3) is 0.421. The third kappa shape index (κ3) is 5.29. The second kappa shape index (κ2) is 8.83. The van der Waals surface area contributed by atoms with Gasteiger partial charge in [-0.3, -0.25) is 14.7 Å². The number of hydrogen-bond donors (Lipinski definition) is 4. The smallest absolute Gasteiger partial charge is 0.258 e. The van der Waals surface area contributed by atoms with E-state index in [-0.39, 0.29) is 24.7 Å². The summed E-state index contributed by atoms with van der Waals surface area (Å²) in [7, 11) is 0. The number of nitrogens with one attached hydrogen (secondary N) is 3. The van der Waals surface area contributed by atoms with Gasteiger partial charge in [0.05, 0.1) is 24.4 Å². The average molecular weight is 390 g/mol. The SMILES string of the molecule is Cc1cc(CNC(=O)[C@H]2C[C@H](NC(=O)COc3cccc(F)c3)[C@@H](O)C2)n[nH]1. The Labute approximate surface area is 161 Å². The van der Waals surface area contributed by atoms with Crippen LogP contribution in [0.15, 0.2) is 30.3 Å². The minimum absolute atomic E-state index is 0.188. The molecule has 150 valence electrons. The lowest BCUT2D eigenvalue weighted by Gasteiger charge is -2.16. The Morgan fingerprint density at radius 2 is 2.18 bits per heavy atom. The molecule has 1 aliphatic carbocycles. The molecule has 1 fully saturated rings. The van der Waals surface area contributed by atoms with Crippen LogP contribution in [0, 0.1) is 18.7 Å². The molecule has 9 heteroatoms. The molecule has 1 aromatic heterocycles. The predicted molar refractivity (Wildman–Crippen MR) is 97.7 cm³/mol. The van der Waals surface area contributed by atoms with Crippen LogP contribution in [-0.2, 0) is 16.1 Å². The van der Waals surface area contributed by atoms with Gasteiger partial charge in [0, 0.05) is 17.7 Å². The number of halogens is 1. The standard InChI is InChI=1S/C19H23FN4O4/c1-11-5-14(24-23-11)9-21-19(27)12-6-16(17(25)7-12)22-18(26)10-28-15-4-2-3-13(20)8-15/h2-5,8,12,16-17,25H,6-7,9-10H2,1H3,(H,21,27)(H,22,26)(H,23,24)/t12-,16-,17-/m0/s1. The van der Waals surface area contributed by atoms with Gasteiger partial charge in [0.1, 0.15) is 11.6 Å². The highest BCUT2D eigenvalue weighted by molar-refractivity contribution is 5.80. The summed E-state index contributed by atoms with van der Waals surface area (Å²) >= 11 is 0. The van der Waals surface area contributed by atoms with Crippen molar-refractivity contribution in [2.24, 2.45) is 5.92 Å². The van der Waals surface area contributed by atoms with Gasteiger partial charge in [-0.1, -0.05) is 6.07 Å². The molecular formula is C19H23FN4O4. The van der Waals surface area contributed by atoms with E-state index in [1.165, 1.54) is 18.2 Å². The number of aromatic amines is 1. The van der Waals surface area contributed by atoms with E-state index in [0.29, 0.717) is 13.0 Å². The molecule has 0 radical (unpaired) electrons. The summed E-state index contributed by atoms with van der Waals surface area (Å²) in [6.07, 6.45) is -0.221. The monoisotopic (exact) mass is 390 g/mol. The van der Waals surface area contributed by atoms with Gasteiger partial charge in [-0.15, -0.1) is 0 Å². The first-order valence-electron chi connectivity index (χ1n) is 9.05. The molecule has 2 aromatic rings. The summed E-state index contributed by atoms with van der Waals surface area (Å²) in [6, 6.07) is 6.79. The average Bonchev–Trinajstić information content (AvgIpc) is 3.24. The molecule has 0 unspecified atom stereocenters. The molecule has 1 heterocycles. The van der Waals surface area contributed by atoms with Gasteiger partial charge in [-0.25, -0.2) is 4.39 Å². The van der Waals surface area contributed by atoms with E-state index in [1.54, 1.807) is 6.07 Å². The summed E-state index contributed by atoms with van der Waals surface area (Å²) in [5, 5.41) is 22.5. The number of aliphatic hydroxyl groups is 1. The molecule has 2 amide bonds. The maximum absolute atomic E-state index is 13.1. The maximum atomic E-state index is 13.1. The summed E-state index contributed by atoms with van der Waals surface area (Å²) in [5.74, 6) is -1.24. The predicted octanol–water partition coefficient (Wildman–Crippen LogP) is 0.808. The molecular weight excluding hydrogens is 367 g/mol. The number of hydrogen-bond acceptors (Lipinski definition) is 5. The quantitative estimate of drug-likeness (QED) is 0.558. The van der Waals surface area contributed by atoms with Crippen molar-refractivity contribution in [3.05, 3.63) is 47.5 Å². The first kappa shape index (κ1) is 19.8. The normalized spacial score (nSPS) is 21.3. The molecule has 8 nitrogen and oxygen atoms in total. The number of nitrogens with zero attached hydrogens (tertiary/aromatic N) is 1. The highest BCUT2D eigenvalue weighted by atomic mass is 19.1. The molecule has 0 aliphatic heterocycles. The van der Waals surface area contributed by atoms with Crippen LogP contribution in [0.5, 0.6) is 5.75 Å². The zero-order valence-electron chi connectivity index (χ0n) is 15.4. The van der Waals surface area contributed by atoms with Crippen LogP contribution in [0.2, 0.25) is 0 Å². The summed E-state index contributed by atoms with van der Waals surface area (Å²) in [4.78, 5) is 24.4. The molecule has 0 spiro atoms. The van der Waals surface area contributed by atoms with Crippen LogP contribution < -0.4 is 15.4 Å². The Kier molecular flexibility index (Phi) is 6.25. The van der Waals surface area contributed by atoms with Crippen molar-refractivity contribution in [3.63, 3.8) is 0 Å². The minimum Gasteiger partial charge on any atom is -0.484 e. The van der Waals surface area contributed by atoms with Gasteiger partial charge in [0.15, 0.2) is 6.61 Å². The van der Waals surface area contributed by atoms with Gasteiger partial charge in [-0.05, 0) is 38.0 Å². The Hall–Kier alpha value is -2.94. The number of rotatable bonds is 7. The Bertz CT molecular complexity index is 841. The minimum atomic E-state index is -0.818. The fourth-order valence-electron chi connectivity index (χ4n) is 3.23. The van der Waals surface area contributed by atoms with Gasteiger partial charge < -0.3 is 20.5 Å². The Balaban J connectivity index is 1.43.